The van der Waals surface area contributed by atoms with Crippen molar-refractivity contribution in [1.82, 2.24) is 9.88 Å². The SMILES string of the molecule is O[C@@H]1CCN(Cc2cnc3ccsc3c2)C1. The maximum Gasteiger partial charge on any atom is 0.0809 e. The van der Waals surface area contributed by atoms with Gasteiger partial charge in [-0.15, -0.1) is 11.3 Å². The van der Waals surface area contributed by atoms with Crippen molar-refractivity contribution >= 4 is 21.6 Å². The standard InChI is InChI=1S/C12H14N2OS/c15-10-1-3-14(8-10)7-9-5-12-11(13-6-9)2-4-16-12/h2,4-6,10,15H,1,3,7-8H2/t10-/m1/s1. The van der Waals surface area contributed by atoms with E-state index in [4.69, 9.17) is 0 Å². The van der Waals surface area contributed by atoms with Gasteiger partial charge in [0.2, 0.25) is 0 Å². The number of thiophene rings is 1. The molecule has 0 aliphatic carbocycles. The Kier molecular flexibility index (Phi) is 2.63. The van der Waals surface area contributed by atoms with Crippen LogP contribution in [0.2, 0.25) is 0 Å². The first-order chi connectivity index (χ1) is 7.81. The number of rotatable bonds is 2. The molecule has 3 nitrogen and oxygen atoms in total. The number of hydrogen-bond acceptors (Lipinski definition) is 4. The molecule has 1 aliphatic heterocycles. The van der Waals surface area contributed by atoms with Crippen molar-refractivity contribution in [1.29, 1.82) is 0 Å². The molecule has 3 heterocycles. The van der Waals surface area contributed by atoms with Gasteiger partial charge in [0.05, 0.1) is 16.3 Å². The molecule has 16 heavy (non-hydrogen) atoms. The van der Waals surface area contributed by atoms with E-state index >= 15 is 0 Å². The number of aliphatic hydroxyl groups is 1. The van der Waals surface area contributed by atoms with Crippen molar-refractivity contribution in [2.75, 3.05) is 13.1 Å². The van der Waals surface area contributed by atoms with Gasteiger partial charge in [-0.1, -0.05) is 0 Å². The summed E-state index contributed by atoms with van der Waals surface area (Å²) in [4.78, 5) is 6.70. The van der Waals surface area contributed by atoms with Gasteiger partial charge in [0.1, 0.15) is 0 Å². The summed E-state index contributed by atoms with van der Waals surface area (Å²) >= 11 is 1.73. The number of nitrogens with zero attached hydrogens (tertiary/aromatic N) is 2. The molecular weight excluding hydrogens is 220 g/mol. The minimum atomic E-state index is -0.140. The maximum absolute atomic E-state index is 9.46. The first-order valence-electron chi connectivity index (χ1n) is 5.54. The van der Waals surface area contributed by atoms with E-state index in [1.54, 1.807) is 11.3 Å². The fourth-order valence-corrected chi connectivity index (χ4v) is 2.99. The van der Waals surface area contributed by atoms with Crippen LogP contribution in [-0.2, 0) is 6.54 Å². The van der Waals surface area contributed by atoms with Crippen molar-refractivity contribution in [2.24, 2.45) is 0 Å². The van der Waals surface area contributed by atoms with Gasteiger partial charge < -0.3 is 5.11 Å². The zero-order valence-corrected chi connectivity index (χ0v) is 9.78. The van der Waals surface area contributed by atoms with Crippen molar-refractivity contribution < 1.29 is 5.11 Å². The van der Waals surface area contributed by atoms with Crippen LogP contribution in [0.3, 0.4) is 0 Å². The lowest BCUT2D eigenvalue weighted by atomic mass is 10.2. The molecule has 4 heteroatoms. The van der Waals surface area contributed by atoms with Crippen molar-refractivity contribution in [3.8, 4) is 0 Å². The van der Waals surface area contributed by atoms with Crippen LogP contribution < -0.4 is 0 Å². The molecule has 0 unspecified atom stereocenters. The van der Waals surface area contributed by atoms with E-state index < -0.39 is 0 Å². The van der Waals surface area contributed by atoms with E-state index in [-0.39, 0.29) is 6.10 Å². The van der Waals surface area contributed by atoms with E-state index in [2.05, 4.69) is 21.3 Å². The summed E-state index contributed by atoms with van der Waals surface area (Å²) in [6, 6.07) is 4.25. The van der Waals surface area contributed by atoms with Gasteiger partial charge in [-0.25, -0.2) is 0 Å². The van der Waals surface area contributed by atoms with Crippen LogP contribution in [0.1, 0.15) is 12.0 Å². The number of likely N-dealkylation sites (tertiary alicyclic amines) is 1. The van der Waals surface area contributed by atoms with Gasteiger partial charge in [-0.05, 0) is 29.5 Å². The van der Waals surface area contributed by atoms with Crippen LogP contribution >= 0.6 is 11.3 Å². The van der Waals surface area contributed by atoms with Crippen molar-refractivity contribution in [3.63, 3.8) is 0 Å². The van der Waals surface area contributed by atoms with Crippen LogP contribution in [0.25, 0.3) is 10.2 Å². The molecule has 1 atom stereocenters. The Morgan fingerprint density at radius 1 is 1.56 bits per heavy atom. The van der Waals surface area contributed by atoms with E-state index in [1.165, 1.54) is 10.3 Å². The first-order valence-corrected chi connectivity index (χ1v) is 6.42. The minimum absolute atomic E-state index is 0.140. The van der Waals surface area contributed by atoms with E-state index in [0.717, 1.165) is 31.6 Å². The molecule has 0 aromatic carbocycles. The van der Waals surface area contributed by atoms with Gasteiger partial charge in [0.15, 0.2) is 0 Å². The Morgan fingerprint density at radius 2 is 2.50 bits per heavy atom. The van der Waals surface area contributed by atoms with Crippen LogP contribution in [0.5, 0.6) is 0 Å². The second-order valence-electron chi connectivity index (χ2n) is 4.33. The van der Waals surface area contributed by atoms with E-state index in [0.29, 0.717) is 0 Å². The van der Waals surface area contributed by atoms with E-state index in [1.807, 2.05) is 12.3 Å². The third-order valence-electron chi connectivity index (χ3n) is 3.01. The van der Waals surface area contributed by atoms with Crippen molar-refractivity contribution in [2.45, 2.75) is 19.1 Å². The molecule has 0 amide bonds. The summed E-state index contributed by atoms with van der Waals surface area (Å²) in [5, 5.41) is 11.5. The molecule has 1 N–H and O–H groups in total. The third-order valence-corrected chi connectivity index (χ3v) is 3.87. The molecule has 1 fully saturated rings. The van der Waals surface area contributed by atoms with Crippen LogP contribution in [-0.4, -0.2) is 34.2 Å². The molecule has 0 bridgehead atoms. The number of aliphatic hydroxyl groups excluding tert-OH is 1. The van der Waals surface area contributed by atoms with Crippen LogP contribution in [0, 0.1) is 0 Å². The van der Waals surface area contributed by atoms with E-state index in [9.17, 15) is 5.11 Å². The summed E-state index contributed by atoms with van der Waals surface area (Å²) in [6.07, 6.45) is 2.70. The number of aromatic nitrogens is 1. The fraction of sp³-hybridized carbons (Fsp3) is 0.417. The minimum Gasteiger partial charge on any atom is -0.392 e. The summed E-state index contributed by atoms with van der Waals surface area (Å²) < 4.78 is 1.25. The average Bonchev–Trinajstić information content (AvgIpc) is 2.87. The molecule has 0 spiro atoms. The quantitative estimate of drug-likeness (QED) is 0.861. The largest absolute Gasteiger partial charge is 0.392 e. The Labute approximate surface area is 98.3 Å². The highest BCUT2D eigenvalue weighted by molar-refractivity contribution is 7.17. The predicted octanol–water partition coefficient (Wildman–Crippen LogP) is 1.86. The molecule has 1 saturated heterocycles. The fourth-order valence-electron chi connectivity index (χ4n) is 2.19. The summed E-state index contributed by atoms with van der Waals surface area (Å²) in [7, 11) is 0. The topological polar surface area (TPSA) is 36.4 Å². The van der Waals surface area contributed by atoms with Gasteiger partial charge in [-0.2, -0.15) is 0 Å². The Balaban J connectivity index is 1.78. The molecule has 0 radical (unpaired) electrons. The summed E-state index contributed by atoms with van der Waals surface area (Å²) in [5.74, 6) is 0. The van der Waals surface area contributed by atoms with Crippen molar-refractivity contribution in [3.05, 3.63) is 29.3 Å². The highest BCUT2D eigenvalue weighted by Crippen LogP contribution is 2.21. The van der Waals surface area contributed by atoms with Crippen LogP contribution in [0.4, 0.5) is 0 Å². The summed E-state index contributed by atoms with van der Waals surface area (Å²) in [5.41, 5.74) is 2.32. The smallest absolute Gasteiger partial charge is 0.0809 e. The number of hydrogen-bond donors (Lipinski definition) is 1. The highest BCUT2D eigenvalue weighted by Gasteiger charge is 2.19. The number of fused-ring (bicyclic) bond motifs is 1. The molecule has 3 rings (SSSR count). The average molecular weight is 234 g/mol. The molecule has 2 aromatic heterocycles. The zero-order valence-electron chi connectivity index (χ0n) is 8.97. The lowest BCUT2D eigenvalue weighted by Crippen LogP contribution is -2.21. The number of β-amino-alcohol motifs (C(OH)–C–C–N with tert-alkyl or cyclic N) is 1. The lowest BCUT2D eigenvalue weighted by Gasteiger charge is -2.14. The zero-order chi connectivity index (χ0) is 11.0. The molecule has 1 aliphatic rings. The molecule has 2 aromatic rings. The Morgan fingerprint density at radius 3 is 3.31 bits per heavy atom. The van der Waals surface area contributed by atoms with Crippen LogP contribution in [0.15, 0.2) is 23.7 Å². The first kappa shape index (κ1) is 10.2. The Hall–Kier alpha value is -0.970. The second-order valence-corrected chi connectivity index (χ2v) is 5.27. The van der Waals surface area contributed by atoms with Gasteiger partial charge in [-0.3, -0.25) is 9.88 Å². The molecule has 0 saturated carbocycles. The van der Waals surface area contributed by atoms with Gasteiger partial charge >= 0.3 is 0 Å². The van der Waals surface area contributed by atoms with Gasteiger partial charge in [0, 0.05) is 25.8 Å². The van der Waals surface area contributed by atoms with Gasteiger partial charge in [0.25, 0.3) is 0 Å². The monoisotopic (exact) mass is 234 g/mol. The highest BCUT2D eigenvalue weighted by atomic mass is 32.1. The lowest BCUT2D eigenvalue weighted by molar-refractivity contribution is 0.175. The normalized spacial score (nSPS) is 21.9. The molecule has 84 valence electrons. The third kappa shape index (κ3) is 1.96. The Bertz CT molecular complexity index is 496. The maximum atomic E-state index is 9.46. The predicted molar refractivity (Wildman–Crippen MR) is 65.5 cm³/mol. The number of pyridine rings is 1. The summed E-state index contributed by atoms with van der Waals surface area (Å²) in [6.45, 7) is 2.68. The molecular formula is C12H14N2OS. The second kappa shape index (κ2) is 4.13.